The van der Waals surface area contributed by atoms with E-state index in [1.165, 1.54) is 0 Å². The lowest BCUT2D eigenvalue weighted by atomic mass is 9.94. The summed E-state index contributed by atoms with van der Waals surface area (Å²) in [5, 5.41) is 8.81. The second kappa shape index (κ2) is 5.61. The number of likely N-dealkylation sites (N-methyl/N-ethyl adjacent to an activating group) is 1. The second-order valence-electron chi connectivity index (χ2n) is 3.61. The number of carbonyl (C=O) groups is 1. The molecule has 0 aliphatic rings. The molecule has 0 N–H and O–H groups in total. The van der Waals surface area contributed by atoms with Crippen LogP contribution in [0.25, 0.3) is 0 Å². The van der Waals surface area contributed by atoms with Gasteiger partial charge in [0, 0.05) is 20.2 Å². The molecule has 0 spiro atoms. The van der Waals surface area contributed by atoms with E-state index >= 15 is 0 Å². The minimum absolute atomic E-state index is 0.139. The van der Waals surface area contributed by atoms with Crippen LogP contribution in [-0.2, 0) is 9.53 Å². The molecule has 4 nitrogen and oxygen atoms in total. The van der Waals surface area contributed by atoms with Crippen LogP contribution in [-0.4, -0.2) is 37.6 Å². The maximum absolute atomic E-state index is 11.8. The predicted molar refractivity (Wildman–Crippen MR) is 53.5 cm³/mol. The van der Waals surface area contributed by atoms with Gasteiger partial charge >= 0.3 is 0 Å². The van der Waals surface area contributed by atoms with Gasteiger partial charge in [-0.1, -0.05) is 0 Å². The molecule has 0 atom stereocenters. The van der Waals surface area contributed by atoms with Gasteiger partial charge < -0.3 is 9.64 Å². The number of methoxy groups -OCH3 is 1. The molecule has 1 amide bonds. The fraction of sp³-hybridized carbons (Fsp3) is 0.800. The van der Waals surface area contributed by atoms with Crippen molar-refractivity contribution in [3.05, 3.63) is 0 Å². The summed E-state index contributed by atoms with van der Waals surface area (Å²) in [6, 6.07) is 2.00. The summed E-state index contributed by atoms with van der Waals surface area (Å²) in [6.07, 6.45) is 0. The number of amides is 1. The third-order valence-corrected chi connectivity index (χ3v) is 2.05. The first-order valence-electron chi connectivity index (χ1n) is 4.69. The fourth-order valence-electron chi connectivity index (χ4n) is 1.05. The Hall–Kier alpha value is -1.08. The zero-order valence-electron chi connectivity index (χ0n) is 9.33. The average Bonchev–Trinajstić information content (AvgIpc) is 2.18. The SMILES string of the molecule is CCN(CCOC)C(=O)C(C)(C)C#N. The molecule has 0 saturated carbocycles. The van der Waals surface area contributed by atoms with Gasteiger partial charge in [-0.15, -0.1) is 0 Å². The van der Waals surface area contributed by atoms with E-state index in [0.717, 1.165) is 0 Å². The van der Waals surface area contributed by atoms with Crippen LogP contribution < -0.4 is 0 Å². The maximum atomic E-state index is 11.8. The number of rotatable bonds is 5. The van der Waals surface area contributed by atoms with Crippen LogP contribution in [0.1, 0.15) is 20.8 Å². The van der Waals surface area contributed by atoms with Crippen molar-refractivity contribution < 1.29 is 9.53 Å². The zero-order chi connectivity index (χ0) is 11.2. The highest BCUT2D eigenvalue weighted by Crippen LogP contribution is 2.16. The van der Waals surface area contributed by atoms with Crippen LogP contribution in [0, 0.1) is 16.7 Å². The Bertz CT molecular complexity index is 231. The van der Waals surface area contributed by atoms with Gasteiger partial charge in [0.05, 0.1) is 12.7 Å². The smallest absolute Gasteiger partial charge is 0.242 e. The van der Waals surface area contributed by atoms with E-state index in [-0.39, 0.29) is 5.91 Å². The Morgan fingerprint density at radius 2 is 2.14 bits per heavy atom. The van der Waals surface area contributed by atoms with Gasteiger partial charge in [0.25, 0.3) is 0 Å². The van der Waals surface area contributed by atoms with Gasteiger partial charge in [0.2, 0.25) is 5.91 Å². The van der Waals surface area contributed by atoms with Gasteiger partial charge in [-0.05, 0) is 20.8 Å². The van der Waals surface area contributed by atoms with Crippen molar-refractivity contribution in [2.24, 2.45) is 5.41 Å². The van der Waals surface area contributed by atoms with E-state index < -0.39 is 5.41 Å². The second-order valence-corrected chi connectivity index (χ2v) is 3.61. The molecule has 0 fully saturated rings. The van der Waals surface area contributed by atoms with Crippen molar-refractivity contribution in [1.82, 2.24) is 4.90 Å². The summed E-state index contributed by atoms with van der Waals surface area (Å²) >= 11 is 0. The standard InChI is InChI=1S/C10H18N2O2/c1-5-12(6-7-14-4)9(13)10(2,3)8-11/h5-7H2,1-4H3. The number of ether oxygens (including phenoxy) is 1. The zero-order valence-corrected chi connectivity index (χ0v) is 9.33. The molecule has 0 radical (unpaired) electrons. The monoisotopic (exact) mass is 198 g/mol. The Morgan fingerprint density at radius 1 is 1.57 bits per heavy atom. The first-order chi connectivity index (χ1) is 6.49. The van der Waals surface area contributed by atoms with Gasteiger partial charge in [0.1, 0.15) is 5.41 Å². The van der Waals surface area contributed by atoms with Crippen molar-refractivity contribution in [2.75, 3.05) is 26.8 Å². The number of carbonyl (C=O) groups excluding carboxylic acids is 1. The van der Waals surface area contributed by atoms with Gasteiger partial charge in [0.15, 0.2) is 0 Å². The van der Waals surface area contributed by atoms with E-state index in [4.69, 9.17) is 10.00 Å². The maximum Gasteiger partial charge on any atom is 0.242 e. The lowest BCUT2D eigenvalue weighted by Gasteiger charge is -2.26. The molecule has 0 heterocycles. The molecule has 0 aromatic rings. The quantitative estimate of drug-likeness (QED) is 0.663. The first kappa shape index (κ1) is 12.9. The molecule has 0 unspecified atom stereocenters. The topological polar surface area (TPSA) is 53.3 Å². The van der Waals surface area contributed by atoms with E-state index in [9.17, 15) is 4.79 Å². The van der Waals surface area contributed by atoms with Crippen LogP contribution >= 0.6 is 0 Å². The van der Waals surface area contributed by atoms with E-state index in [0.29, 0.717) is 19.7 Å². The summed E-state index contributed by atoms with van der Waals surface area (Å²) in [4.78, 5) is 13.4. The highest BCUT2D eigenvalue weighted by Gasteiger charge is 2.30. The van der Waals surface area contributed by atoms with E-state index in [1.54, 1.807) is 25.9 Å². The Labute approximate surface area is 85.5 Å². The minimum atomic E-state index is -0.941. The normalized spacial score (nSPS) is 10.8. The van der Waals surface area contributed by atoms with Crippen LogP contribution in [0.5, 0.6) is 0 Å². The lowest BCUT2D eigenvalue weighted by molar-refractivity contribution is -0.138. The number of nitriles is 1. The molecule has 80 valence electrons. The Morgan fingerprint density at radius 3 is 2.50 bits per heavy atom. The van der Waals surface area contributed by atoms with Crippen molar-refractivity contribution in [3.8, 4) is 6.07 Å². The summed E-state index contributed by atoms with van der Waals surface area (Å²) < 4.78 is 4.89. The van der Waals surface area contributed by atoms with Gasteiger partial charge in [-0.25, -0.2) is 0 Å². The van der Waals surface area contributed by atoms with Gasteiger partial charge in [-0.3, -0.25) is 4.79 Å². The third kappa shape index (κ3) is 3.35. The molecule has 0 saturated heterocycles. The van der Waals surface area contributed by atoms with Crippen molar-refractivity contribution in [1.29, 1.82) is 5.26 Å². The van der Waals surface area contributed by atoms with E-state index in [2.05, 4.69) is 0 Å². The van der Waals surface area contributed by atoms with Crippen molar-refractivity contribution in [3.63, 3.8) is 0 Å². The molecule has 14 heavy (non-hydrogen) atoms. The van der Waals surface area contributed by atoms with Crippen LogP contribution in [0.4, 0.5) is 0 Å². The largest absolute Gasteiger partial charge is 0.383 e. The van der Waals surface area contributed by atoms with Crippen molar-refractivity contribution >= 4 is 5.91 Å². The molecule has 0 aromatic carbocycles. The molecular formula is C10H18N2O2. The molecule has 0 bridgehead atoms. The van der Waals surface area contributed by atoms with Crippen LogP contribution in [0.2, 0.25) is 0 Å². The summed E-state index contributed by atoms with van der Waals surface area (Å²) in [7, 11) is 1.59. The van der Waals surface area contributed by atoms with E-state index in [1.807, 2.05) is 13.0 Å². The molecule has 4 heteroatoms. The number of hydrogen-bond donors (Lipinski definition) is 0. The molecule has 0 aliphatic carbocycles. The minimum Gasteiger partial charge on any atom is -0.383 e. The average molecular weight is 198 g/mol. The summed E-state index contributed by atoms with van der Waals surface area (Å²) in [5.74, 6) is -0.139. The Kier molecular flexibility index (Phi) is 5.18. The lowest BCUT2D eigenvalue weighted by Crippen LogP contribution is -2.41. The molecular weight excluding hydrogens is 180 g/mol. The molecule has 0 aromatic heterocycles. The number of hydrogen-bond acceptors (Lipinski definition) is 3. The number of nitrogens with zero attached hydrogens (tertiary/aromatic N) is 2. The fourth-order valence-corrected chi connectivity index (χ4v) is 1.05. The van der Waals surface area contributed by atoms with Crippen LogP contribution in [0.3, 0.4) is 0 Å². The van der Waals surface area contributed by atoms with Gasteiger partial charge in [-0.2, -0.15) is 5.26 Å². The molecule has 0 aliphatic heterocycles. The van der Waals surface area contributed by atoms with Crippen LogP contribution in [0.15, 0.2) is 0 Å². The summed E-state index contributed by atoms with van der Waals surface area (Å²) in [6.45, 7) is 6.79. The highest BCUT2D eigenvalue weighted by molar-refractivity contribution is 5.84. The summed E-state index contributed by atoms with van der Waals surface area (Å²) in [5.41, 5.74) is -0.941. The first-order valence-corrected chi connectivity index (χ1v) is 4.69. The third-order valence-electron chi connectivity index (χ3n) is 2.05. The Balaban J connectivity index is 4.40. The molecule has 0 rings (SSSR count). The van der Waals surface area contributed by atoms with Crippen molar-refractivity contribution in [2.45, 2.75) is 20.8 Å². The predicted octanol–water partition coefficient (Wildman–Crippen LogP) is 1.03. The highest BCUT2D eigenvalue weighted by atomic mass is 16.5.